The van der Waals surface area contributed by atoms with Crippen LogP contribution in [-0.2, 0) is 11.4 Å². The summed E-state index contributed by atoms with van der Waals surface area (Å²) in [6.07, 6.45) is 1.45. The molecule has 1 aromatic carbocycles. The molecule has 0 fully saturated rings. The molecule has 5 nitrogen and oxygen atoms in total. The van der Waals surface area contributed by atoms with E-state index in [9.17, 15) is 13.9 Å². The summed E-state index contributed by atoms with van der Waals surface area (Å²) < 4.78 is 26.7. The second kappa shape index (κ2) is 7.46. The number of hydrogen-bond donors (Lipinski definition) is 2. The second-order valence-corrected chi connectivity index (χ2v) is 5.86. The molecule has 0 aliphatic carbocycles. The van der Waals surface area contributed by atoms with Gasteiger partial charge in [-0.05, 0) is 43.7 Å². The summed E-state index contributed by atoms with van der Waals surface area (Å²) >= 11 is 0. The molecule has 0 radical (unpaired) electrons. The molecule has 1 heterocycles. The Balaban J connectivity index is 2.39. The first-order chi connectivity index (χ1) is 11.3. The fourth-order valence-electron chi connectivity index (χ4n) is 1.80. The van der Waals surface area contributed by atoms with Crippen LogP contribution in [0.1, 0.15) is 30.7 Å². The van der Waals surface area contributed by atoms with E-state index < -0.39 is 17.2 Å². The highest BCUT2D eigenvalue weighted by Gasteiger charge is 2.16. The quantitative estimate of drug-likeness (QED) is 0.627. The van der Waals surface area contributed by atoms with Gasteiger partial charge in [-0.3, -0.25) is 4.98 Å². The van der Waals surface area contributed by atoms with Gasteiger partial charge in [-0.1, -0.05) is 11.2 Å². The van der Waals surface area contributed by atoms with Crippen molar-refractivity contribution in [2.24, 2.45) is 5.16 Å². The first kappa shape index (κ1) is 18.0. The number of nitrogens with zero attached hydrogens (tertiary/aromatic N) is 2. The average Bonchev–Trinajstić information content (AvgIpc) is 2.54. The highest BCUT2D eigenvalue weighted by atomic mass is 19.2. The van der Waals surface area contributed by atoms with Gasteiger partial charge in [0.15, 0.2) is 11.6 Å². The number of benzene rings is 1. The third-order valence-corrected chi connectivity index (χ3v) is 3.02. The lowest BCUT2D eigenvalue weighted by molar-refractivity contribution is -0.0189. The van der Waals surface area contributed by atoms with Crippen molar-refractivity contribution < 1.29 is 23.8 Å². The minimum atomic E-state index is -1.10. The van der Waals surface area contributed by atoms with Crippen molar-refractivity contribution >= 4 is 5.71 Å². The zero-order valence-electron chi connectivity index (χ0n) is 13.3. The number of halogens is 2. The molecule has 128 valence electrons. The average molecular weight is 336 g/mol. The molecule has 0 unspecified atom stereocenters. The largest absolute Gasteiger partial charge is 0.392 e. The molecule has 0 saturated heterocycles. The van der Waals surface area contributed by atoms with E-state index in [1.165, 1.54) is 12.3 Å². The third kappa shape index (κ3) is 4.81. The SMILES string of the molecule is CC(C)(O)CO/N=C(\c1ccc(F)c(F)c1)c1ccc(CO)cn1. The lowest BCUT2D eigenvalue weighted by atomic mass is 10.1. The summed E-state index contributed by atoms with van der Waals surface area (Å²) in [6.45, 7) is 2.84. The molecule has 1 aromatic heterocycles. The third-order valence-electron chi connectivity index (χ3n) is 3.02. The Kier molecular flexibility index (Phi) is 5.58. The Morgan fingerprint density at radius 2 is 1.96 bits per heavy atom. The van der Waals surface area contributed by atoms with Crippen molar-refractivity contribution in [2.45, 2.75) is 26.1 Å². The second-order valence-electron chi connectivity index (χ2n) is 5.86. The van der Waals surface area contributed by atoms with Gasteiger partial charge in [0, 0.05) is 11.8 Å². The molecule has 2 aromatic rings. The predicted molar refractivity (Wildman–Crippen MR) is 84.4 cm³/mol. The van der Waals surface area contributed by atoms with E-state index in [1.54, 1.807) is 26.0 Å². The molecule has 0 saturated carbocycles. The zero-order chi connectivity index (χ0) is 17.7. The molecular formula is C17H18F2N2O3. The molecule has 0 bridgehead atoms. The summed E-state index contributed by atoms with van der Waals surface area (Å²) in [5.41, 5.74) is 0.308. The number of hydrogen-bond acceptors (Lipinski definition) is 5. The maximum Gasteiger partial charge on any atom is 0.159 e. The van der Waals surface area contributed by atoms with Gasteiger partial charge >= 0.3 is 0 Å². The van der Waals surface area contributed by atoms with Crippen LogP contribution in [0.3, 0.4) is 0 Å². The van der Waals surface area contributed by atoms with Crippen LogP contribution in [0.2, 0.25) is 0 Å². The van der Waals surface area contributed by atoms with Gasteiger partial charge in [0.05, 0.1) is 17.9 Å². The fourth-order valence-corrected chi connectivity index (χ4v) is 1.80. The fraction of sp³-hybridized carbons (Fsp3) is 0.294. The topological polar surface area (TPSA) is 74.9 Å². The molecule has 2 N–H and O–H groups in total. The Morgan fingerprint density at radius 3 is 2.50 bits per heavy atom. The summed E-state index contributed by atoms with van der Waals surface area (Å²) in [4.78, 5) is 9.27. The monoisotopic (exact) mass is 336 g/mol. The van der Waals surface area contributed by atoms with Gasteiger partial charge in [-0.2, -0.15) is 0 Å². The minimum absolute atomic E-state index is 0.0884. The van der Waals surface area contributed by atoms with Crippen molar-refractivity contribution in [3.05, 3.63) is 65.0 Å². The lowest BCUT2D eigenvalue weighted by Crippen LogP contribution is -2.25. The number of rotatable bonds is 6. The standard InChI is InChI=1S/C17H18F2N2O3/c1-17(2,23)10-24-21-16(12-4-5-13(18)14(19)7-12)15-6-3-11(9-22)8-20-15/h3-8,22-23H,9-10H2,1-2H3/b21-16+. The number of aromatic nitrogens is 1. The normalized spacial score (nSPS) is 12.3. The molecule has 0 amide bonds. The zero-order valence-corrected chi connectivity index (χ0v) is 13.3. The number of pyridine rings is 1. The first-order valence-corrected chi connectivity index (χ1v) is 7.24. The van der Waals surface area contributed by atoms with Crippen LogP contribution in [0, 0.1) is 11.6 Å². The Bertz CT molecular complexity index is 726. The molecule has 24 heavy (non-hydrogen) atoms. The van der Waals surface area contributed by atoms with Crippen molar-refractivity contribution in [2.75, 3.05) is 6.61 Å². The number of aliphatic hydroxyl groups excluding tert-OH is 1. The van der Waals surface area contributed by atoms with Crippen molar-refractivity contribution in [1.29, 1.82) is 0 Å². The molecule has 2 rings (SSSR count). The smallest absolute Gasteiger partial charge is 0.159 e. The van der Waals surface area contributed by atoms with E-state index >= 15 is 0 Å². The van der Waals surface area contributed by atoms with Crippen LogP contribution >= 0.6 is 0 Å². The van der Waals surface area contributed by atoms with Crippen molar-refractivity contribution in [3.63, 3.8) is 0 Å². The van der Waals surface area contributed by atoms with E-state index in [-0.39, 0.29) is 24.5 Å². The molecule has 0 atom stereocenters. The summed E-state index contributed by atoms with van der Waals surface area (Å²) in [7, 11) is 0. The van der Waals surface area contributed by atoms with Gasteiger partial charge in [0.25, 0.3) is 0 Å². The van der Waals surface area contributed by atoms with E-state index in [2.05, 4.69) is 10.1 Å². The summed E-state index contributed by atoms with van der Waals surface area (Å²) in [6, 6.07) is 6.54. The Hall–Kier alpha value is -2.38. The van der Waals surface area contributed by atoms with Gasteiger partial charge in [-0.15, -0.1) is 0 Å². The van der Waals surface area contributed by atoms with E-state index in [0.29, 0.717) is 11.3 Å². The van der Waals surface area contributed by atoms with Crippen LogP contribution in [0.15, 0.2) is 41.7 Å². The Labute approximate surface area is 138 Å². The summed E-state index contributed by atoms with van der Waals surface area (Å²) in [5.74, 6) is -1.99. The van der Waals surface area contributed by atoms with Gasteiger partial charge in [0.2, 0.25) is 0 Å². The minimum Gasteiger partial charge on any atom is -0.392 e. The molecule has 7 heteroatoms. The molecule has 0 aliphatic heterocycles. The van der Waals surface area contributed by atoms with Crippen LogP contribution in [0.4, 0.5) is 8.78 Å². The number of aliphatic hydroxyl groups is 2. The first-order valence-electron chi connectivity index (χ1n) is 7.24. The van der Waals surface area contributed by atoms with Crippen LogP contribution in [0.5, 0.6) is 0 Å². The van der Waals surface area contributed by atoms with E-state index in [4.69, 9.17) is 9.94 Å². The molecular weight excluding hydrogens is 318 g/mol. The van der Waals surface area contributed by atoms with Crippen molar-refractivity contribution in [3.8, 4) is 0 Å². The highest BCUT2D eigenvalue weighted by Crippen LogP contribution is 2.15. The van der Waals surface area contributed by atoms with E-state index in [0.717, 1.165) is 12.1 Å². The van der Waals surface area contributed by atoms with Gasteiger partial charge in [0.1, 0.15) is 12.3 Å². The predicted octanol–water partition coefficient (Wildman–Crippen LogP) is 2.39. The maximum absolute atomic E-state index is 13.5. The van der Waals surface area contributed by atoms with Gasteiger partial charge < -0.3 is 15.1 Å². The van der Waals surface area contributed by atoms with Crippen LogP contribution in [0.25, 0.3) is 0 Å². The highest BCUT2D eigenvalue weighted by molar-refractivity contribution is 6.11. The number of oxime groups is 1. The van der Waals surface area contributed by atoms with Crippen molar-refractivity contribution in [1.82, 2.24) is 4.98 Å². The lowest BCUT2D eigenvalue weighted by Gasteiger charge is -2.15. The molecule has 0 aliphatic rings. The van der Waals surface area contributed by atoms with Crippen LogP contribution in [-0.4, -0.2) is 33.1 Å². The maximum atomic E-state index is 13.5. The Morgan fingerprint density at radius 1 is 1.21 bits per heavy atom. The summed E-state index contributed by atoms with van der Waals surface area (Å²) in [5, 5.41) is 22.7. The van der Waals surface area contributed by atoms with Gasteiger partial charge in [-0.25, -0.2) is 8.78 Å². The van der Waals surface area contributed by atoms with E-state index in [1.807, 2.05) is 0 Å². The molecule has 0 spiro atoms. The van der Waals surface area contributed by atoms with Crippen LogP contribution < -0.4 is 0 Å².